The van der Waals surface area contributed by atoms with Gasteiger partial charge in [-0.25, -0.2) is 0 Å². The molecule has 0 spiro atoms. The van der Waals surface area contributed by atoms with Gasteiger partial charge in [-0.2, -0.15) is 0 Å². The van der Waals surface area contributed by atoms with Gasteiger partial charge in [0.25, 0.3) is 5.91 Å². The van der Waals surface area contributed by atoms with Crippen LogP contribution in [0.3, 0.4) is 0 Å². The van der Waals surface area contributed by atoms with E-state index in [1.807, 2.05) is 25.1 Å². The van der Waals surface area contributed by atoms with Crippen molar-refractivity contribution >= 4 is 27.5 Å². The molecule has 0 bridgehead atoms. The number of hydrogen-bond donors (Lipinski definition) is 1. The molecule has 2 aromatic carbocycles. The first-order valence-electron chi connectivity index (χ1n) is 6.34. The van der Waals surface area contributed by atoms with E-state index in [0.717, 1.165) is 15.6 Å². The van der Waals surface area contributed by atoms with Gasteiger partial charge in [0, 0.05) is 11.3 Å². The van der Waals surface area contributed by atoms with E-state index in [9.17, 15) is 4.79 Å². The van der Waals surface area contributed by atoms with Crippen LogP contribution in [0, 0.1) is 19.3 Å². The molecule has 1 amide bonds. The van der Waals surface area contributed by atoms with E-state index in [4.69, 9.17) is 11.2 Å². The third-order valence-corrected chi connectivity index (χ3v) is 3.38. The minimum Gasteiger partial charge on any atom is -0.483 e. The number of anilines is 1. The second kappa shape index (κ2) is 6.96. The molecule has 0 unspecified atom stereocenters. The van der Waals surface area contributed by atoms with Crippen molar-refractivity contribution in [1.29, 1.82) is 0 Å². The number of halogens is 1. The predicted molar refractivity (Wildman–Crippen MR) is 87.4 cm³/mol. The van der Waals surface area contributed by atoms with Crippen molar-refractivity contribution in [3.8, 4) is 18.1 Å². The molecule has 0 aliphatic carbocycles. The monoisotopic (exact) mass is 343 g/mol. The van der Waals surface area contributed by atoms with Gasteiger partial charge in [0.1, 0.15) is 5.75 Å². The molecule has 0 heterocycles. The first-order valence-corrected chi connectivity index (χ1v) is 7.13. The van der Waals surface area contributed by atoms with Crippen LogP contribution in [-0.2, 0) is 4.79 Å². The maximum atomic E-state index is 11.9. The molecule has 4 heteroatoms. The first kappa shape index (κ1) is 15.1. The molecular formula is C17H14BrNO2. The average molecular weight is 344 g/mol. The van der Waals surface area contributed by atoms with Gasteiger partial charge in [-0.3, -0.25) is 4.79 Å². The molecule has 1 N–H and O–H groups in total. The number of aryl methyl sites for hydroxylation is 1. The number of hydrogen-bond acceptors (Lipinski definition) is 2. The fourth-order valence-corrected chi connectivity index (χ4v) is 2.36. The van der Waals surface area contributed by atoms with Crippen LogP contribution in [0.5, 0.6) is 5.75 Å². The molecule has 0 atom stereocenters. The molecule has 0 saturated carbocycles. The molecule has 106 valence electrons. The summed E-state index contributed by atoms with van der Waals surface area (Å²) < 4.78 is 6.31. The van der Waals surface area contributed by atoms with Gasteiger partial charge >= 0.3 is 0 Å². The Bertz CT molecular complexity index is 704. The highest BCUT2D eigenvalue weighted by molar-refractivity contribution is 9.10. The first-order chi connectivity index (χ1) is 10.1. The van der Waals surface area contributed by atoms with E-state index < -0.39 is 0 Å². The largest absolute Gasteiger partial charge is 0.483 e. The summed E-state index contributed by atoms with van der Waals surface area (Å²) in [6.07, 6.45) is 5.32. The van der Waals surface area contributed by atoms with Gasteiger partial charge in [-0.1, -0.05) is 18.1 Å². The quantitative estimate of drug-likeness (QED) is 0.858. The summed E-state index contributed by atoms with van der Waals surface area (Å²) in [4.78, 5) is 11.9. The molecule has 0 aromatic heterocycles. The van der Waals surface area contributed by atoms with Crippen LogP contribution < -0.4 is 10.1 Å². The van der Waals surface area contributed by atoms with E-state index >= 15 is 0 Å². The summed E-state index contributed by atoms with van der Waals surface area (Å²) in [6.45, 7) is 1.92. The molecule has 0 fully saturated rings. The molecule has 3 nitrogen and oxygen atoms in total. The predicted octanol–water partition coefficient (Wildman–Crippen LogP) is 3.76. The van der Waals surface area contributed by atoms with Crippen LogP contribution in [0.1, 0.15) is 11.1 Å². The van der Waals surface area contributed by atoms with Crippen LogP contribution in [0.15, 0.2) is 46.9 Å². The number of nitrogens with one attached hydrogen (secondary N) is 1. The minimum absolute atomic E-state index is 0.0675. The smallest absolute Gasteiger partial charge is 0.262 e. The second-order valence-corrected chi connectivity index (χ2v) is 5.35. The van der Waals surface area contributed by atoms with E-state index in [1.165, 1.54) is 0 Å². The van der Waals surface area contributed by atoms with Crippen LogP contribution in [0.25, 0.3) is 0 Å². The van der Waals surface area contributed by atoms with Gasteiger partial charge in [0.05, 0.1) is 4.47 Å². The summed E-state index contributed by atoms with van der Waals surface area (Å²) in [6, 6.07) is 12.8. The third kappa shape index (κ3) is 4.37. The van der Waals surface area contributed by atoms with Crippen molar-refractivity contribution < 1.29 is 9.53 Å². The third-order valence-electron chi connectivity index (χ3n) is 2.76. The lowest BCUT2D eigenvalue weighted by Gasteiger charge is -2.09. The zero-order chi connectivity index (χ0) is 15.2. The van der Waals surface area contributed by atoms with Crippen molar-refractivity contribution in [2.75, 3.05) is 11.9 Å². The highest BCUT2D eigenvalue weighted by Gasteiger charge is 2.06. The number of ether oxygens (including phenoxy) is 1. The molecule has 2 rings (SSSR count). The van der Waals surface area contributed by atoms with Crippen molar-refractivity contribution in [1.82, 2.24) is 0 Å². The average Bonchev–Trinajstić information content (AvgIpc) is 2.46. The lowest BCUT2D eigenvalue weighted by atomic mass is 10.2. The van der Waals surface area contributed by atoms with E-state index in [2.05, 4.69) is 27.2 Å². The molecule has 21 heavy (non-hydrogen) atoms. The van der Waals surface area contributed by atoms with E-state index in [-0.39, 0.29) is 12.5 Å². The van der Waals surface area contributed by atoms with Gasteiger partial charge in [-0.05, 0) is 58.7 Å². The Labute approximate surface area is 132 Å². The minimum atomic E-state index is -0.239. The summed E-state index contributed by atoms with van der Waals surface area (Å²) in [7, 11) is 0. The maximum absolute atomic E-state index is 11.9. The molecule has 0 saturated heterocycles. The van der Waals surface area contributed by atoms with Crippen LogP contribution in [0.4, 0.5) is 5.69 Å². The molecular weight excluding hydrogens is 330 g/mol. The normalized spacial score (nSPS) is 9.76. The fourth-order valence-electron chi connectivity index (χ4n) is 1.75. The van der Waals surface area contributed by atoms with Crippen molar-refractivity contribution in [3.63, 3.8) is 0 Å². The SMILES string of the molecule is C#Cc1cccc(NC(=O)COc2ccc(C)cc2Br)c1. The number of rotatable bonds is 4. The number of carbonyl (C=O) groups excluding carboxylic acids is 1. The van der Waals surface area contributed by atoms with E-state index in [1.54, 1.807) is 24.3 Å². The Kier molecular flexibility index (Phi) is 5.02. The fraction of sp³-hybridized carbons (Fsp3) is 0.118. The molecule has 0 radical (unpaired) electrons. The standard InChI is InChI=1S/C17H14BrNO2/c1-3-13-5-4-6-14(10-13)19-17(20)11-21-16-8-7-12(2)9-15(16)18/h1,4-10H,11H2,2H3,(H,19,20). The lowest BCUT2D eigenvalue weighted by Crippen LogP contribution is -2.20. The topological polar surface area (TPSA) is 38.3 Å². The summed E-state index contributed by atoms with van der Waals surface area (Å²) >= 11 is 3.40. The van der Waals surface area contributed by atoms with Crippen molar-refractivity contribution in [2.45, 2.75) is 6.92 Å². The highest BCUT2D eigenvalue weighted by atomic mass is 79.9. The summed E-state index contributed by atoms with van der Waals surface area (Å²) in [5.41, 5.74) is 2.49. The summed E-state index contributed by atoms with van der Waals surface area (Å²) in [5.74, 6) is 2.92. The number of carbonyl (C=O) groups is 1. The Morgan fingerprint density at radius 3 is 2.86 bits per heavy atom. The van der Waals surface area contributed by atoms with Crippen LogP contribution in [-0.4, -0.2) is 12.5 Å². The second-order valence-electron chi connectivity index (χ2n) is 4.50. The molecule has 2 aromatic rings. The Balaban J connectivity index is 1.94. The summed E-state index contributed by atoms with van der Waals surface area (Å²) in [5, 5.41) is 2.74. The van der Waals surface area contributed by atoms with Crippen molar-refractivity contribution in [2.24, 2.45) is 0 Å². The Morgan fingerprint density at radius 1 is 1.33 bits per heavy atom. The van der Waals surface area contributed by atoms with Crippen molar-refractivity contribution in [3.05, 3.63) is 58.1 Å². The van der Waals surface area contributed by atoms with Gasteiger partial charge in [0.15, 0.2) is 6.61 Å². The van der Waals surface area contributed by atoms with E-state index in [0.29, 0.717) is 11.4 Å². The Hall–Kier alpha value is -2.25. The van der Waals surface area contributed by atoms with Crippen LogP contribution in [0.2, 0.25) is 0 Å². The van der Waals surface area contributed by atoms with Gasteiger partial charge in [0.2, 0.25) is 0 Å². The number of amides is 1. The molecule has 0 aliphatic heterocycles. The van der Waals surface area contributed by atoms with Gasteiger partial charge in [-0.15, -0.1) is 6.42 Å². The zero-order valence-electron chi connectivity index (χ0n) is 11.5. The maximum Gasteiger partial charge on any atom is 0.262 e. The lowest BCUT2D eigenvalue weighted by molar-refractivity contribution is -0.118. The highest BCUT2D eigenvalue weighted by Crippen LogP contribution is 2.25. The zero-order valence-corrected chi connectivity index (χ0v) is 13.1. The number of terminal acetylenes is 1. The number of benzene rings is 2. The van der Waals surface area contributed by atoms with Gasteiger partial charge < -0.3 is 10.1 Å². The molecule has 0 aliphatic rings. The Morgan fingerprint density at radius 2 is 2.14 bits per heavy atom. The van der Waals surface area contributed by atoms with Crippen LogP contribution >= 0.6 is 15.9 Å².